The van der Waals surface area contributed by atoms with Gasteiger partial charge in [-0.05, 0) is 24.8 Å². The number of methoxy groups -OCH3 is 1. The van der Waals surface area contributed by atoms with Crippen molar-refractivity contribution in [2.45, 2.75) is 31.8 Å². The Kier molecular flexibility index (Phi) is 4.63. The summed E-state index contributed by atoms with van der Waals surface area (Å²) in [7, 11) is 3.60. The van der Waals surface area contributed by atoms with Gasteiger partial charge in [0.1, 0.15) is 0 Å². The summed E-state index contributed by atoms with van der Waals surface area (Å²) in [6, 6.07) is 3.93. The zero-order valence-electron chi connectivity index (χ0n) is 15.3. The summed E-state index contributed by atoms with van der Waals surface area (Å²) in [5.74, 6) is 1.20. The van der Waals surface area contributed by atoms with Gasteiger partial charge < -0.3 is 14.6 Å². The van der Waals surface area contributed by atoms with E-state index in [0.717, 1.165) is 30.0 Å². The summed E-state index contributed by atoms with van der Waals surface area (Å²) >= 11 is 0. The molecule has 4 rings (SSSR count). The summed E-state index contributed by atoms with van der Waals surface area (Å²) in [6.07, 6.45) is 5.99. The van der Waals surface area contributed by atoms with E-state index >= 15 is 0 Å². The molecule has 1 atom stereocenters. The highest BCUT2D eigenvalue weighted by Gasteiger charge is 2.34. The fraction of sp³-hybridized carbons (Fsp3) is 0.526. The van der Waals surface area contributed by atoms with Crippen molar-refractivity contribution in [1.82, 2.24) is 24.8 Å². The summed E-state index contributed by atoms with van der Waals surface area (Å²) in [5, 5.41) is 3.14. The van der Waals surface area contributed by atoms with Crippen LogP contribution in [0, 0.1) is 5.92 Å². The Morgan fingerprint density at radius 1 is 1.38 bits per heavy atom. The maximum atomic E-state index is 12.8. The van der Waals surface area contributed by atoms with E-state index in [4.69, 9.17) is 4.74 Å². The van der Waals surface area contributed by atoms with Crippen molar-refractivity contribution < 1.29 is 9.53 Å². The van der Waals surface area contributed by atoms with Gasteiger partial charge >= 0.3 is 0 Å². The third kappa shape index (κ3) is 3.44. The molecule has 0 bridgehead atoms. The first-order chi connectivity index (χ1) is 12.7. The van der Waals surface area contributed by atoms with Crippen molar-refractivity contribution in [2.75, 3.05) is 20.2 Å². The molecular weight excluding hydrogens is 330 g/mol. The molecule has 7 nitrogen and oxygen atoms in total. The molecule has 1 amide bonds. The maximum absolute atomic E-state index is 12.8. The minimum absolute atomic E-state index is 0.101. The summed E-state index contributed by atoms with van der Waals surface area (Å²) in [5.41, 5.74) is 3.03. The quantitative estimate of drug-likeness (QED) is 0.849. The van der Waals surface area contributed by atoms with Crippen molar-refractivity contribution in [3.8, 4) is 5.88 Å². The highest BCUT2D eigenvalue weighted by molar-refractivity contribution is 5.84. The average molecular weight is 355 g/mol. The molecule has 1 aliphatic heterocycles. The van der Waals surface area contributed by atoms with Crippen LogP contribution in [0.1, 0.15) is 35.7 Å². The fourth-order valence-electron chi connectivity index (χ4n) is 3.66. The minimum atomic E-state index is -0.201. The molecule has 0 saturated heterocycles. The zero-order chi connectivity index (χ0) is 18.1. The number of pyridine rings is 1. The lowest BCUT2D eigenvalue weighted by molar-refractivity contribution is -0.123. The van der Waals surface area contributed by atoms with Gasteiger partial charge in [-0.15, -0.1) is 0 Å². The smallest absolute Gasteiger partial charge is 0.230 e. The van der Waals surface area contributed by atoms with Crippen LogP contribution in [0.3, 0.4) is 0 Å². The Bertz CT molecular complexity index is 799. The van der Waals surface area contributed by atoms with Gasteiger partial charge in [0.25, 0.3) is 0 Å². The van der Waals surface area contributed by atoms with Gasteiger partial charge in [-0.3, -0.25) is 9.69 Å². The first-order valence-corrected chi connectivity index (χ1v) is 9.13. The Morgan fingerprint density at radius 2 is 2.23 bits per heavy atom. The van der Waals surface area contributed by atoms with E-state index in [1.807, 2.05) is 23.7 Å². The number of fused-ring (bicyclic) bond motifs is 1. The van der Waals surface area contributed by atoms with Gasteiger partial charge in [0, 0.05) is 45.0 Å². The topological polar surface area (TPSA) is 72.3 Å². The second-order valence-corrected chi connectivity index (χ2v) is 7.27. The Morgan fingerprint density at radius 3 is 3.00 bits per heavy atom. The summed E-state index contributed by atoms with van der Waals surface area (Å²) in [4.78, 5) is 23.9. The summed E-state index contributed by atoms with van der Waals surface area (Å²) in [6.45, 7) is 2.86. The van der Waals surface area contributed by atoms with E-state index in [1.54, 1.807) is 19.6 Å². The van der Waals surface area contributed by atoms with Gasteiger partial charge in [-0.1, -0.05) is 6.07 Å². The molecule has 7 heteroatoms. The minimum Gasteiger partial charge on any atom is -0.481 e. The number of nitrogens with zero attached hydrogens (tertiary/aromatic N) is 4. The number of aryl methyl sites for hydroxylation is 1. The molecule has 1 aliphatic carbocycles. The standard InChI is InChI=1S/C19H25N5O2/c1-23-12-22-16-11-24(9-14-4-3-7-20-19(14)26-2)10-15(17(16)23)18(25)21-8-13-5-6-13/h3-4,7,12-13,15H,5-6,8-11H2,1-2H3,(H,21,25)/t15-/m0/s1. The molecule has 1 saturated carbocycles. The van der Waals surface area contributed by atoms with Crippen molar-refractivity contribution in [2.24, 2.45) is 13.0 Å². The Labute approximate surface area is 153 Å². The van der Waals surface area contributed by atoms with Crippen LogP contribution in [-0.2, 0) is 24.9 Å². The van der Waals surface area contributed by atoms with Gasteiger partial charge in [0.2, 0.25) is 11.8 Å². The van der Waals surface area contributed by atoms with Crippen molar-refractivity contribution in [1.29, 1.82) is 0 Å². The highest BCUT2D eigenvalue weighted by Crippen LogP contribution is 2.31. The number of carbonyl (C=O) groups is 1. The molecule has 0 radical (unpaired) electrons. The SMILES string of the molecule is COc1ncccc1CN1Cc2ncn(C)c2[C@@H](C(=O)NCC2CC2)C1. The molecule has 3 heterocycles. The number of rotatable bonds is 6. The molecule has 0 aromatic carbocycles. The second kappa shape index (κ2) is 7.07. The number of nitrogens with one attached hydrogen (secondary N) is 1. The Balaban J connectivity index is 1.53. The predicted octanol–water partition coefficient (Wildman–Crippen LogP) is 1.45. The normalized spacial score (nSPS) is 19.8. The molecule has 0 unspecified atom stereocenters. The van der Waals surface area contributed by atoms with Crippen LogP contribution in [0.15, 0.2) is 24.7 Å². The van der Waals surface area contributed by atoms with Crippen molar-refractivity contribution in [3.05, 3.63) is 41.6 Å². The van der Waals surface area contributed by atoms with Crippen molar-refractivity contribution in [3.63, 3.8) is 0 Å². The van der Waals surface area contributed by atoms with E-state index < -0.39 is 0 Å². The Hall–Kier alpha value is -2.41. The lowest BCUT2D eigenvalue weighted by Gasteiger charge is -2.32. The van der Waals surface area contributed by atoms with Gasteiger partial charge in [-0.2, -0.15) is 0 Å². The van der Waals surface area contributed by atoms with E-state index in [-0.39, 0.29) is 11.8 Å². The van der Waals surface area contributed by atoms with E-state index in [0.29, 0.717) is 24.9 Å². The maximum Gasteiger partial charge on any atom is 0.230 e. The van der Waals surface area contributed by atoms with Crippen LogP contribution in [-0.4, -0.2) is 45.5 Å². The molecule has 2 aromatic heterocycles. The van der Waals surface area contributed by atoms with E-state index in [1.165, 1.54) is 12.8 Å². The molecule has 0 spiro atoms. The third-order valence-corrected chi connectivity index (χ3v) is 5.22. The van der Waals surface area contributed by atoms with Gasteiger partial charge in [-0.25, -0.2) is 9.97 Å². The van der Waals surface area contributed by atoms with Crippen LogP contribution in [0.2, 0.25) is 0 Å². The monoisotopic (exact) mass is 355 g/mol. The van der Waals surface area contributed by atoms with E-state index in [9.17, 15) is 4.79 Å². The summed E-state index contributed by atoms with van der Waals surface area (Å²) < 4.78 is 7.35. The molecular formula is C19H25N5O2. The number of hydrogen-bond acceptors (Lipinski definition) is 5. The second-order valence-electron chi connectivity index (χ2n) is 7.27. The van der Waals surface area contributed by atoms with Crippen LogP contribution in [0.4, 0.5) is 0 Å². The zero-order valence-corrected chi connectivity index (χ0v) is 15.3. The van der Waals surface area contributed by atoms with E-state index in [2.05, 4.69) is 20.2 Å². The number of hydrogen-bond donors (Lipinski definition) is 1. The average Bonchev–Trinajstić information content (AvgIpc) is 3.42. The van der Waals surface area contributed by atoms with Crippen LogP contribution in [0.25, 0.3) is 0 Å². The van der Waals surface area contributed by atoms with Gasteiger partial charge in [0.05, 0.1) is 30.7 Å². The molecule has 1 N–H and O–H groups in total. The molecule has 138 valence electrons. The first-order valence-electron chi connectivity index (χ1n) is 9.13. The van der Waals surface area contributed by atoms with Gasteiger partial charge in [0.15, 0.2) is 0 Å². The predicted molar refractivity (Wildman–Crippen MR) is 96.6 cm³/mol. The first kappa shape index (κ1) is 17.0. The number of aromatic nitrogens is 3. The molecule has 1 fully saturated rings. The van der Waals surface area contributed by atoms with Crippen LogP contribution < -0.4 is 10.1 Å². The highest BCUT2D eigenvalue weighted by atomic mass is 16.5. The number of imidazole rings is 1. The number of amides is 1. The fourth-order valence-corrected chi connectivity index (χ4v) is 3.66. The van der Waals surface area contributed by atoms with Crippen LogP contribution >= 0.6 is 0 Å². The molecule has 2 aliphatic rings. The molecule has 2 aromatic rings. The number of ether oxygens (including phenoxy) is 1. The lowest BCUT2D eigenvalue weighted by Crippen LogP contribution is -2.42. The lowest BCUT2D eigenvalue weighted by atomic mass is 9.96. The number of carbonyl (C=O) groups excluding carboxylic acids is 1. The van der Waals surface area contributed by atoms with Crippen LogP contribution in [0.5, 0.6) is 5.88 Å². The largest absolute Gasteiger partial charge is 0.481 e. The van der Waals surface area contributed by atoms with Crippen molar-refractivity contribution >= 4 is 5.91 Å². The third-order valence-electron chi connectivity index (χ3n) is 5.22. The molecule has 26 heavy (non-hydrogen) atoms.